The van der Waals surface area contributed by atoms with Gasteiger partial charge in [0.25, 0.3) is 0 Å². The Hall–Kier alpha value is -2.30. The van der Waals surface area contributed by atoms with Gasteiger partial charge in [0.05, 0.1) is 30.3 Å². The van der Waals surface area contributed by atoms with Crippen molar-refractivity contribution in [3.8, 4) is 0 Å². The number of rotatable bonds is 3. The van der Waals surface area contributed by atoms with Gasteiger partial charge in [-0.05, 0) is 18.6 Å². The van der Waals surface area contributed by atoms with Gasteiger partial charge in [-0.1, -0.05) is 0 Å². The minimum atomic E-state index is 0.796. The summed E-state index contributed by atoms with van der Waals surface area (Å²) in [7, 11) is 0. The van der Waals surface area contributed by atoms with Crippen molar-refractivity contribution in [1.82, 2.24) is 19.5 Å². The summed E-state index contributed by atoms with van der Waals surface area (Å²) in [5, 5.41) is 4.55. The average molecular weight is 253 g/mol. The molecule has 0 radical (unpaired) electrons. The molecule has 1 aliphatic rings. The smallest absolute Gasteiger partial charge is 0.137 e. The summed E-state index contributed by atoms with van der Waals surface area (Å²) in [5.41, 5.74) is 3.22. The highest BCUT2D eigenvalue weighted by Crippen LogP contribution is 2.19. The molecule has 3 aromatic rings. The number of hydrogen-bond acceptors (Lipinski definition) is 3. The maximum atomic E-state index is 4.45. The highest BCUT2D eigenvalue weighted by molar-refractivity contribution is 5.78. The number of aryl methyl sites for hydroxylation is 1. The van der Waals surface area contributed by atoms with Crippen LogP contribution < -0.4 is 5.32 Å². The summed E-state index contributed by atoms with van der Waals surface area (Å²) < 4.78 is 2.31. The lowest BCUT2D eigenvalue weighted by Gasteiger charge is -2.08. The molecule has 4 rings (SSSR count). The van der Waals surface area contributed by atoms with E-state index in [-0.39, 0.29) is 0 Å². The fourth-order valence-electron chi connectivity index (χ4n) is 2.69. The molecule has 0 saturated carbocycles. The molecule has 0 aromatic carbocycles. The summed E-state index contributed by atoms with van der Waals surface area (Å²) in [5.74, 6) is 1.22. The van der Waals surface area contributed by atoms with Gasteiger partial charge in [0, 0.05) is 24.5 Å². The first-order valence-electron chi connectivity index (χ1n) is 6.60. The van der Waals surface area contributed by atoms with Crippen molar-refractivity contribution in [3.63, 3.8) is 0 Å². The maximum Gasteiger partial charge on any atom is 0.137 e. The van der Waals surface area contributed by atoms with Gasteiger partial charge in [-0.2, -0.15) is 0 Å². The zero-order valence-electron chi connectivity index (χ0n) is 10.6. The van der Waals surface area contributed by atoms with Crippen molar-refractivity contribution in [2.24, 2.45) is 0 Å². The largest absolute Gasteiger partial charge is 0.378 e. The van der Waals surface area contributed by atoms with E-state index in [0.29, 0.717) is 0 Å². The Labute approximate surface area is 110 Å². The molecule has 0 bridgehead atoms. The minimum Gasteiger partial charge on any atom is -0.378 e. The molecular weight excluding hydrogens is 238 g/mol. The van der Waals surface area contributed by atoms with Crippen LogP contribution in [-0.4, -0.2) is 19.5 Å². The minimum absolute atomic E-state index is 0.796. The van der Waals surface area contributed by atoms with Crippen LogP contribution in [0.2, 0.25) is 0 Å². The second-order valence-corrected chi connectivity index (χ2v) is 4.91. The number of anilines is 1. The number of H-pyrrole nitrogens is 1. The van der Waals surface area contributed by atoms with Crippen molar-refractivity contribution < 1.29 is 0 Å². The fourth-order valence-corrected chi connectivity index (χ4v) is 2.69. The number of imidazole rings is 1. The first kappa shape index (κ1) is 10.6. The molecule has 96 valence electrons. The van der Waals surface area contributed by atoms with Crippen molar-refractivity contribution in [3.05, 3.63) is 42.2 Å². The zero-order chi connectivity index (χ0) is 12.7. The molecular formula is C14H15N5. The molecule has 4 heterocycles. The normalized spacial score (nSPS) is 13.9. The van der Waals surface area contributed by atoms with Gasteiger partial charge in [-0.15, -0.1) is 0 Å². The Balaban J connectivity index is 1.54. The lowest BCUT2D eigenvalue weighted by atomic mass is 10.3. The first-order chi connectivity index (χ1) is 9.40. The van der Waals surface area contributed by atoms with E-state index in [0.717, 1.165) is 36.2 Å². The third-order valence-corrected chi connectivity index (χ3v) is 3.68. The summed E-state index contributed by atoms with van der Waals surface area (Å²) in [6.07, 6.45) is 8.07. The van der Waals surface area contributed by atoms with Crippen LogP contribution in [0.25, 0.3) is 11.0 Å². The molecule has 2 N–H and O–H groups in total. The Morgan fingerprint density at radius 2 is 2.32 bits per heavy atom. The highest BCUT2D eigenvalue weighted by atomic mass is 15.1. The number of nitrogens with zero attached hydrogens (tertiary/aromatic N) is 3. The monoisotopic (exact) mass is 253 g/mol. The Morgan fingerprint density at radius 1 is 1.32 bits per heavy atom. The van der Waals surface area contributed by atoms with E-state index in [4.69, 9.17) is 0 Å². The molecule has 0 spiro atoms. The number of fused-ring (bicyclic) bond motifs is 2. The lowest BCUT2D eigenvalue weighted by molar-refractivity contribution is 0.713. The quantitative estimate of drug-likeness (QED) is 0.753. The van der Waals surface area contributed by atoms with Gasteiger partial charge in [0.2, 0.25) is 0 Å². The van der Waals surface area contributed by atoms with E-state index in [2.05, 4.69) is 30.9 Å². The molecule has 0 aliphatic carbocycles. The zero-order valence-corrected chi connectivity index (χ0v) is 10.6. The summed E-state index contributed by atoms with van der Waals surface area (Å²) in [6.45, 7) is 1.89. The van der Waals surface area contributed by atoms with Gasteiger partial charge in [-0.25, -0.2) is 9.97 Å². The molecule has 1 aliphatic heterocycles. The van der Waals surface area contributed by atoms with Crippen molar-refractivity contribution in [2.75, 3.05) is 5.32 Å². The van der Waals surface area contributed by atoms with E-state index in [9.17, 15) is 0 Å². The number of pyridine rings is 1. The highest BCUT2D eigenvalue weighted by Gasteiger charge is 2.14. The van der Waals surface area contributed by atoms with Crippen LogP contribution in [0, 0.1) is 0 Å². The molecule has 5 heteroatoms. The van der Waals surface area contributed by atoms with Gasteiger partial charge in [0.1, 0.15) is 11.5 Å². The van der Waals surface area contributed by atoms with Gasteiger partial charge < -0.3 is 14.9 Å². The fraction of sp³-hybridized carbons (Fsp3) is 0.286. The van der Waals surface area contributed by atoms with Crippen LogP contribution in [0.1, 0.15) is 17.9 Å². The predicted octanol–water partition coefficient (Wildman–Crippen LogP) is 2.32. The third kappa shape index (κ3) is 1.78. The molecule has 3 aromatic heterocycles. The number of aromatic amines is 1. The molecule has 0 amide bonds. The summed E-state index contributed by atoms with van der Waals surface area (Å²) in [6, 6.07) is 4.14. The maximum absolute atomic E-state index is 4.45. The number of aromatic nitrogens is 4. The molecule has 0 saturated heterocycles. The van der Waals surface area contributed by atoms with Gasteiger partial charge in [0.15, 0.2) is 0 Å². The van der Waals surface area contributed by atoms with Crippen molar-refractivity contribution in [2.45, 2.75) is 25.9 Å². The van der Waals surface area contributed by atoms with Gasteiger partial charge in [-0.3, -0.25) is 0 Å². The first-order valence-corrected chi connectivity index (χ1v) is 6.60. The molecule has 0 atom stereocenters. The van der Waals surface area contributed by atoms with E-state index in [1.807, 2.05) is 24.7 Å². The number of nitrogens with one attached hydrogen (secondary N) is 2. The SMILES string of the molecule is c1cc2cc(NCc3cnc4n3CCC4)cnc2[nH]1. The molecule has 0 unspecified atom stereocenters. The molecule has 19 heavy (non-hydrogen) atoms. The Bertz CT molecular complexity index is 724. The lowest BCUT2D eigenvalue weighted by Crippen LogP contribution is -2.06. The topological polar surface area (TPSA) is 58.5 Å². The van der Waals surface area contributed by atoms with Crippen LogP contribution in [0.15, 0.2) is 30.7 Å². The second-order valence-electron chi connectivity index (χ2n) is 4.91. The van der Waals surface area contributed by atoms with Gasteiger partial charge >= 0.3 is 0 Å². The Kier molecular flexibility index (Phi) is 2.30. The van der Waals surface area contributed by atoms with Crippen LogP contribution in [0.3, 0.4) is 0 Å². The van der Waals surface area contributed by atoms with Crippen molar-refractivity contribution in [1.29, 1.82) is 0 Å². The summed E-state index contributed by atoms with van der Waals surface area (Å²) in [4.78, 5) is 11.9. The van der Waals surface area contributed by atoms with E-state index >= 15 is 0 Å². The van der Waals surface area contributed by atoms with Crippen LogP contribution in [0.4, 0.5) is 5.69 Å². The van der Waals surface area contributed by atoms with E-state index in [1.54, 1.807) is 0 Å². The second kappa shape index (κ2) is 4.12. The molecule has 5 nitrogen and oxygen atoms in total. The standard InChI is InChI=1S/C14H15N5/c1-2-13-17-9-12(19(13)5-1)8-16-11-6-10-3-4-15-14(10)18-7-11/h3-4,6-7,9,16H,1-2,5,8H2,(H,15,18). The molecule has 0 fully saturated rings. The van der Waals surface area contributed by atoms with Crippen LogP contribution >= 0.6 is 0 Å². The number of hydrogen-bond donors (Lipinski definition) is 2. The predicted molar refractivity (Wildman–Crippen MR) is 74.0 cm³/mol. The van der Waals surface area contributed by atoms with Crippen LogP contribution in [0.5, 0.6) is 0 Å². The van der Waals surface area contributed by atoms with E-state index < -0.39 is 0 Å². The third-order valence-electron chi connectivity index (χ3n) is 3.68. The van der Waals surface area contributed by atoms with Crippen molar-refractivity contribution >= 4 is 16.7 Å². The van der Waals surface area contributed by atoms with Crippen LogP contribution in [-0.2, 0) is 19.5 Å². The summed E-state index contributed by atoms with van der Waals surface area (Å²) >= 11 is 0. The Morgan fingerprint density at radius 3 is 3.32 bits per heavy atom. The van der Waals surface area contributed by atoms with E-state index in [1.165, 1.54) is 17.9 Å². The average Bonchev–Trinajstić information content (AvgIpc) is 3.12.